The van der Waals surface area contributed by atoms with Gasteiger partial charge in [0, 0.05) is 19.6 Å². The molecule has 0 amide bonds. The molecule has 1 aliphatic rings. The molecule has 1 saturated heterocycles. The van der Waals surface area contributed by atoms with Crippen molar-refractivity contribution in [3.63, 3.8) is 0 Å². The Hall–Kier alpha value is -3.73. The van der Waals surface area contributed by atoms with Gasteiger partial charge in [-0.2, -0.15) is 5.26 Å². The van der Waals surface area contributed by atoms with Gasteiger partial charge in [-0.3, -0.25) is 10.3 Å². The third-order valence-corrected chi connectivity index (χ3v) is 5.71. The average molecular weight is 432 g/mol. The normalized spacial score (nSPS) is 17.0. The van der Waals surface area contributed by atoms with Gasteiger partial charge in [-0.1, -0.05) is 38.1 Å². The second-order valence-electron chi connectivity index (χ2n) is 8.14. The maximum absolute atomic E-state index is 12.8. The molecule has 1 aliphatic heterocycles. The van der Waals surface area contributed by atoms with Gasteiger partial charge in [0.1, 0.15) is 12.5 Å². The van der Waals surface area contributed by atoms with Crippen molar-refractivity contribution in [3.05, 3.63) is 60.3 Å². The van der Waals surface area contributed by atoms with Gasteiger partial charge in [-0.25, -0.2) is 14.4 Å². The lowest BCUT2D eigenvalue weighted by atomic mass is 10.00. The highest BCUT2D eigenvalue weighted by Crippen LogP contribution is 2.24. The average Bonchev–Trinajstić information content (AvgIpc) is 2.83. The van der Waals surface area contributed by atoms with Crippen molar-refractivity contribution in [3.8, 4) is 6.19 Å². The van der Waals surface area contributed by atoms with E-state index in [0.717, 1.165) is 29.9 Å². The minimum atomic E-state index is -0.512. The molecule has 1 atom stereocenters. The van der Waals surface area contributed by atoms with Crippen LogP contribution >= 0.6 is 0 Å². The highest BCUT2D eigenvalue weighted by molar-refractivity contribution is 5.84. The molecule has 1 N–H and O–H groups in total. The Morgan fingerprint density at radius 3 is 2.62 bits per heavy atom. The summed E-state index contributed by atoms with van der Waals surface area (Å²) < 4.78 is 12.8. The first-order valence-corrected chi connectivity index (χ1v) is 10.7. The zero-order valence-corrected chi connectivity index (χ0v) is 18.2. The molecule has 1 fully saturated rings. The summed E-state index contributed by atoms with van der Waals surface area (Å²) in [6.07, 6.45) is 3.84. The molecule has 1 unspecified atom stereocenters. The molecule has 0 saturated carbocycles. The fourth-order valence-corrected chi connectivity index (χ4v) is 3.95. The van der Waals surface area contributed by atoms with E-state index in [9.17, 15) is 9.65 Å². The summed E-state index contributed by atoms with van der Waals surface area (Å²) in [6.45, 7) is 5.94. The van der Waals surface area contributed by atoms with E-state index < -0.39 is 6.67 Å². The highest BCUT2D eigenvalue weighted by atomic mass is 19.1. The van der Waals surface area contributed by atoms with Crippen LogP contribution in [0.3, 0.4) is 0 Å². The number of halogens is 1. The lowest BCUT2D eigenvalue weighted by Gasteiger charge is -2.44. The summed E-state index contributed by atoms with van der Waals surface area (Å²) in [4.78, 5) is 18.4. The Bertz CT molecular complexity index is 1140. The van der Waals surface area contributed by atoms with Gasteiger partial charge in [0.2, 0.25) is 5.96 Å². The summed E-state index contributed by atoms with van der Waals surface area (Å²) >= 11 is 0. The first-order valence-electron chi connectivity index (χ1n) is 10.7. The standard InChI is InChI=1S/C24H26FN7/c1-17(2)22-15-31(23-14-27-20-5-3-4-6-21(20)30-23)11-12-32(22)24(28-16-26)29-19-9-7-18(13-25)8-10-19/h3-10,14,17,22H,11-13,15H2,1-2H3,(H,28,29). The Balaban J connectivity index is 1.59. The number of benzene rings is 2. The third kappa shape index (κ3) is 4.62. The predicted octanol–water partition coefficient (Wildman–Crippen LogP) is 4.00. The van der Waals surface area contributed by atoms with Crippen LogP contribution in [0.15, 0.2) is 59.7 Å². The number of piperazine rings is 1. The lowest BCUT2D eigenvalue weighted by Crippen LogP contribution is -2.59. The van der Waals surface area contributed by atoms with E-state index in [-0.39, 0.29) is 6.04 Å². The first-order chi connectivity index (χ1) is 15.6. The van der Waals surface area contributed by atoms with Gasteiger partial charge in [0.15, 0.2) is 6.19 Å². The van der Waals surface area contributed by atoms with E-state index in [1.54, 1.807) is 24.3 Å². The smallest absolute Gasteiger partial charge is 0.212 e. The molecule has 0 aliphatic carbocycles. The Morgan fingerprint density at radius 1 is 1.19 bits per heavy atom. The number of hydrogen-bond acceptors (Lipinski definition) is 5. The molecule has 4 rings (SSSR count). The van der Waals surface area contributed by atoms with E-state index >= 15 is 0 Å². The van der Waals surface area contributed by atoms with Crippen molar-refractivity contribution >= 4 is 28.5 Å². The van der Waals surface area contributed by atoms with Crippen molar-refractivity contribution in [1.29, 1.82) is 5.26 Å². The molecule has 3 aromatic rings. The molecule has 2 heterocycles. The van der Waals surface area contributed by atoms with E-state index in [4.69, 9.17) is 4.98 Å². The van der Waals surface area contributed by atoms with Crippen LogP contribution in [0.4, 0.5) is 15.9 Å². The number of nitrogens with one attached hydrogen (secondary N) is 1. The van der Waals surface area contributed by atoms with Crippen LogP contribution in [0.25, 0.3) is 11.0 Å². The number of alkyl halides is 1. The Labute approximate surface area is 187 Å². The molecule has 0 spiro atoms. The fourth-order valence-electron chi connectivity index (χ4n) is 3.95. The third-order valence-electron chi connectivity index (χ3n) is 5.71. The molecular weight excluding hydrogens is 405 g/mol. The molecule has 8 heteroatoms. The summed E-state index contributed by atoms with van der Waals surface area (Å²) in [5.74, 6) is 1.66. The maximum atomic E-state index is 12.8. The van der Waals surface area contributed by atoms with Crippen LogP contribution in [0.2, 0.25) is 0 Å². The summed E-state index contributed by atoms with van der Waals surface area (Å²) in [5.41, 5.74) is 3.02. The van der Waals surface area contributed by atoms with Crippen molar-refractivity contribution in [2.75, 3.05) is 24.5 Å². The van der Waals surface area contributed by atoms with Gasteiger partial charge >= 0.3 is 0 Å². The van der Waals surface area contributed by atoms with Gasteiger partial charge in [0.25, 0.3) is 0 Å². The van der Waals surface area contributed by atoms with Gasteiger partial charge in [-0.05, 0) is 35.7 Å². The van der Waals surface area contributed by atoms with E-state index in [2.05, 4.69) is 38.9 Å². The van der Waals surface area contributed by atoms with Crippen molar-refractivity contribution in [1.82, 2.24) is 20.2 Å². The maximum Gasteiger partial charge on any atom is 0.212 e. The Kier molecular flexibility index (Phi) is 6.45. The van der Waals surface area contributed by atoms with Gasteiger partial charge in [-0.15, -0.1) is 0 Å². The second kappa shape index (κ2) is 9.60. The topological polar surface area (TPSA) is 80.4 Å². The predicted molar refractivity (Wildman–Crippen MR) is 124 cm³/mol. The molecular formula is C24H26FN7. The zero-order chi connectivity index (χ0) is 22.5. The minimum Gasteiger partial charge on any atom is -0.351 e. The van der Waals surface area contributed by atoms with Crippen LogP contribution in [-0.2, 0) is 6.67 Å². The number of para-hydroxylation sites is 2. The second-order valence-corrected chi connectivity index (χ2v) is 8.14. The number of anilines is 1. The summed E-state index contributed by atoms with van der Waals surface area (Å²) in [5, 5.41) is 12.1. The molecule has 2 aromatic carbocycles. The van der Waals surface area contributed by atoms with E-state index in [1.165, 1.54) is 0 Å². The number of nitrogens with zero attached hydrogens (tertiary/aromatic N) is 6. The van der Waals surface area contributed by atoms with E-state index in [1.807, 2.05) is 36.7 Å². The summed E-state index contributed by atoms with van der Waals surface area (Å²) in [6, 6.07) is 14.9. The summed E-state index contributed by atoms with van der Waals surface area (Å²) in [7, 11) is 0. The quantitative estimate of drug-likeness (QED) is 0.291. The Morgan fingerprint density at radius 2 is 1.94 bits per heavy atom. The van der Waals surface area contributed by atoms with E-state index in [0.29, 0.717) is 29.7 Å². The molecule has 0 radical (unpaired) electrons. The molecule has 7 nitrogen and oxygen atoms in total. The van der Waals surface area contributed by atoms with Crippen molar-refractivity contribution in [2.24, 2.45) is 10.9 Å². The molecule has 164 valence electrons. The van der Waals surface area contributed by atoms with Crippen LogP contribution < -0.4 is 10.2 Å². The number of aromatic nitrogens is 2. The van der Waals surface area contributed by atoms with Gasteiger partial charge < -0.3 is 9.80 Å². The number of hydrogen-bond donors (Lipinski definition) is 1. The van der Waals surface area contributed by atoms with Crippen LogP contribution in [-0.4, -0.2) is 46.5 Å². The van der Waals surface area contributed by atoms with Crippen LogP contribution in [0, 0.1) is 17.4 Å². The highest BCUT2D eigenvalue weighted by Gasteiger charge is 2.32. The molecule has 0 bridgehead atoms. The van der Waals surface area contributed by atoms with Crippen molar-refractivity contribution < 1.29 is 4.39 Å². The van der Waals surface area contributed by atoms with Crippen LogP contribution in [0.1, 0.15) is 19.4 Å². The SMILES string of the molecule is CC(C)C1CN(c2cnc3ccccc3n2)CCN1C(=Nc1ccc(CF)cc1)NC#N. The van der Waals surface area contributed by atoms with Crippen molar-refractivity contribution in [2.45, 2.75) is 26.6 Å². The largest absolute Gasteiger partial charge is 0.351 e. The lowest BCUT2D eigenvalue weighted by molar-refractivity contribution is 0.220. The number of aliphatic imine (C=N–C) groups is 1. The molecule has 1 aromatic heterocycles. The minimum absolute atomic E-state index is 0.113. The van der Waals surface area contributed by atoms with Crippen LogP contribution in [0.5, 0.6) is 0 Å². The number of rotatable bonds is 4. The fraction of sp³-hybridized carbons (Fsp3) is 0.333. The number of guanidine groups is 1. The number of fused-ring (bicyclic) bond motifs is 1. The van der Waals surface area contributed by atoms with Gasteiger partial charge in [0.05, 0.1) is 29.0 Å². The first kappa shape index (κ1) is 21.5. The number of nitriles is 1. The zero-order valence-electron chi connectivity index (χ0n) is 18.2. The monoisotopic (exact) mass is 431 g/mol. The molecule has 32 heavy (non-hydrogen) atoms.